The first-order chi connectivity index (χ1) is 11.9. The van der Waals surface area contributed by atoms with Crippen LogP contribution >= 0.6 is 0 Å². The fraction of sp³-hybridized carbons (Fsp3) is 0.957. The Labute approximate surface area is 153 Å². The smallest absolute Gasteiger partial charge is 0.214 e. The lowest BCUT2D eigenvalue weighted by atomic mass is 10.0. The topological polar surface area (TPSA) is 4.36 Å². The van der Waals surface area contributed by atoms with Crippen LogP contribution in [0.25, 0.3) is 4.85 Å². The Balaban J connectivity index is 2.94. The summed E-state index contributed by atoms with van der Waals surface area (Å²) in [6, 6.07) is 0. The van der Waals surface area contributed by atoms with Gasteiger partial charge < -0.3 is 4.85 Å². The summed E-state index contributed by atoms with van der Waals surface area (Å²) >= 11 is 0. The molecule has 0 N–H and O–H groups in total. The van der Waals surface area contributed by atoms with Crippen LogP contribution in [0, 0.1) is 6.57 Å². The van der Waals surface area contributed by atoms with Gasteiger partial charge >= 0.3 is 0 Å². The van der Waals surface area contributed by atoms with Gasteiger partial charge in [-0.3, -0.25) is 0 Å². The second-order valence-electron chi connectivity index (χ2n) is 7.60. The molecule has 0 heterocycles. The summed E-state index contributed by atoms with van der Waals surface area (Å²) in [7, 11) is 0. The number of hydrogen-bond donors (Lipinski definition) is 0. The van der Waals surface area contributed by atoms with Crippen LogP contribution in [-0.2, 0) is 0 Å². The van der Waals surface area contributed by atoms with Crippen molar-refractivity contribution in [2.45, 2.75) is 135 Å². The van der Waals surface area contributed by atoms with Crippen molar-refractivity contribution < 1.29 is 0 Å². The predicted octanol–water partition coefficient (Wildman–Crippen LogP) is 8.73. The summed E-state index contributed by atoms with van der Waals surface area (Å²) in [5.74, 6) is 0. The van der Waals surface area contributed by atoms with Gasteiger partial charge in [-0.1, -0.05) is 122 Å². The zero-order valence-corrected chi connectivity index (χ0v) is 16.8. The van der Waals surface area contributed by atoms with E-state index in [0.717, 1.165) is 13.0 Å². The maximum atomic E-state index is 6.74. The van der Waals surface area contributed by atoms with Crippen LogP contribution in [0.2, 0.25) is 0 Å². The standard InChI is InChI=1S/C23H45N/c1-3-4-5-6-7-8-9-10-11-12-13-14-15-16-17-18-19-20-21-22-23-24-2/h3-23H2,1H3. The highest BCUT2D eigenvalue weighted by atomic mass is 14.6. The number of rotatable bonds is 20. The summed E-state index contributed by atoms with van der Waals surface area (Å²) < 4.78 is 0. The lowest BCUT2D eigenvalue weighted by Crippen LogP contribution is -1.84. The summed E-state index contributed by atoms with van der Waals surface area (Å²) in [6.45, 7) is 9.77. The lowest BCUT2D eigenvalue weighted by molar-refractivity contribution is 0.522. The third kappa shape index (κ3) is 21.5. The number of nitrogens with zero attached hydrogens (tertiary/aromatic N) is 1. The quantitative estimate of drug-likeness (QED) is 0.155. The first kappa shape index (κ1) is 23.5. The fourth-order valence-electron chi connectivity index (χ4n) is 3.45. The van der Waals surface area contributed by atoms with E-state index < -0.39 is 0 Å². The van der Waals surface area contributed by atoms with Gasteiger partial charge in [0.05, 0.1) is 0 Å². The molecule has 0 aliphatic carbocycles. The Bertz CT molecular complexity index is 253. The Morgan fingerprint density at radius 1 is 0.417 bits per heavy atom. The molecular weight excluding hydrogens is 290 g/mol. The van der Waals surface area contributed by atoms with Gasteiger partial charge in [0, 0.05) is 6.42 Å². The van der Waals surface area contributed by atoms with E-state index in [-0.39, 0.29) is 0 Å². The van der Waals surface area contributed by atoms with Gasteiger partial charge in [0.25, 0.3) is 0 Å². The Morgan fingerprint density at radius 2 is 0.667 bits per heavy atom. The van der Waals surface area contributed by atoms with Crippen LogP contribution in [0.5, 0.6) is 0 Å². The lowest BCUT2D eigenvalue weighted by Gasteiger charge is -2.03. The molecule has 0 spiro atoms. The summed E-state index contributed by atoms with van der Waals surface area (Å²) in [5, 5.41) is 0. The minimum Gasteiger partial charge on any atom is -0.317 e. The fourth-order valence-corrected chi connectivity index (χ4v) is 3.45. The second kappa shape index (κ2) is 22.5. The van der Waals surface area contributed by atoms with Crippen LogP contribution < -0.4 is 0 Å². The molecular formula is C23H45N. The van der Waals surface area contributed by atoms with Crippen molar-refractivity contribution in [2.24, 2.45) is 0 Å². The normalized spacial score (nSPS) is 10.8. The largest absolute Gasteiger partial charge is 0.317 e. The van der Waals surface area contributed by atoms with Crippen molar-refractivity contribution in [1.29, 1.82) is 0 Å². The molecule has 0 aromatic rings. The Hall–Kier alpha value is -0.510. The maximum Gasteiger partial charge on any atom is 0.214 e. The molecule has 0 atom stereocenters. The van der Waals surface area contributed by atoms with E-state index in [1.54, 1.807) is 0 Å². The second-order valence-corrected chi connectivity index (χ2v) is 7.60. The van der Waals surface area contributed by atoms with E-state index in [9.17, 15) is 0 Å². The molecule has 0 saturated carbocycles. The van der Waals surface area contributed by atoms with Gasteiger partial charge in [0.15, 0.2) is 0 Å². The molecule has 142 valence electrons. The van der Waals surface area contributed by atoms with Crippen LogP contribution in [0.15, 0.2) is 0 Å². The van der Waals surface area contributed by atoms with Gasteiger partial charge in [-0.05, 0) is 6.42 Å². The maximum absolute atomic E-state index is 6.74. The van der Waals surface area contributed by atoms with E-state index in [1.807, 2.05) is 0 Å². The monoisotopic (exact) mass is 335 g/mol. The van der Waals surface area contributed by atoms with Crippen molar-refractivity contribution in [3.8, 4) is 0 Å². The molecule has 0 bridgehead atoms. The van der Waals surface area contributed by atoms with Crippen molar-refractivity contribution in [1.82, 2.24) is 0 Å². The van der Waals surface area contributed by atoms with Crippen LogP contribution in [0.4, 0.5) is 0 Å². The average Bonchev–Trinajstić information content (AvgIpc) is 2.60. The molecule has 0 amide bonds. The number of hydrogen-bond acceptors (Lipinski definition) is 0. The minimum atomic E-state index is 0.735. The van der Waals surface area contributed by atoms with Gasteiger partial charge in [-0.2, -0.15) is 0 Å². The van der Waals surface area contributed by atoms with Crippen molar-refractivity contribution in [3.05, 3.63) is 11.4 Å². The molecule has 1 nitrogen and oxygen atoms in total. The van der Waals surface area contributed by atoms with E-state index in [2.05, 4.69) is 11.8 Å². The predicted molar refractivity (Wildman–Crippen MR) is 109 cm³/mol. The third-order valence-corrected chi connectivity index (χ3v) is 5.12. The Morgan fingerprint density at radius 3 is 0.917 bits per heavy atom. The zero-order valence-electron chi connectivity index (χ0n) is 16.8. The first-order valence-electron chi connectivity index (χ1n) is 11.2. The molecule has 0 rings (SSSR count). The van der Waals surface area contributed by atoms with Crippen LogP contribution in [0.3, 0.4) is 0 Å². The van der Waals surface area contributed by atoms with Crippen LogP contribution in [-0.4, -0.2) is 6.54 Å². The van der Waals surface area contributed by atoms with E-state index in [1.165, 1.54) is 122 Å². The van der Waals surface area contributed by atoms with Gasteiger partial charge in [-0.15, -0.1) is 0 Å². The van der Waals surface area contributed by atoms with E-state index in [4.69, 9.17) is 6.57 Å². The van der Waals surface area contributed by atoms with Crippen molar-refractivity contribution in [3.63, 3.8) is 0 Å². The highest BCUT2D eigenvalue weighted by Gasteiger charge is 1.95. The van der Waals surface area contributed by atoms with Crippen LogP contribution in [0.1, 0.15) is 135 Å². The third-order valence-electron chi connectivity index (χ3n) is 5.12. The van der Waals surface area contributed by atoms with E-state index in [0.29, 0.717) is 0 Å². The summed E-state index contributed by atoms with van der Waals surface area (Å²) in [6.07, 6.45) is 28.3. The molecule has 1 heteroatoms. The average molecular weight is 336 g/mol. The molecule has 0 unspecified atom stereocenters. The molecule has 0 aromatic carbocycles. The molecule has 0 fully saturated rings. The van der Waals surface area contributed by atoms with E-state index >= 15 is 0 Å². The Kier molecular flexibility index (Phi) is 22.0. The summed E-state index contributed by atoms with van der Waals surface area (Å²) in [4.78, 5) is 3.40. The summed E-state index contributed by atoms with van der Waals surface area (Å²) in [5.41, 5.74) is 0. The molecule has 0 radical (unpaired) electrons. The first-order valence-corrected chi connectivity index (χ1v) is 11.2. The van der Waals surface area contributed by atoms with Gasteiger partial charge in [0.1, 0.15) is 0 Å². The highest BCUT2D eigenvalue weighted by Crippen LogP contribution is 2.14. The molecule has 0 aromatic heterocycles. The molecule has 0 aliphatic heterocycles. The molecule has 0 aliphatic rings. The minimum absolute atomic E-state index is 0.735. The SMILES string of the molecule is [C-]#[N+]CCCCCCCCCCCCCCCCCCCCCC. The van der Waals surface area contributed by atoms with Gasteiger partial charge in [0.2, 0.25) is 6.54 Å². The van der Waals surface area contributed by atoms with Gasteiger partial charge in [-0.25, -0.2) is 6.57 Å². The number of unbranched alkanes of at least 4 members (excludes halogenated alkanes) is 19. The molecule has 24 heavy (non-hydrogen) atoms. The van der Waals surface area contributed by atoms with Crippen molar-refractivity contribution in [2.75, 3.05) is 6.54 Å². The highest BCUT2D eigenvalue weighted by molar-refractivity contribution is 4.58. The zero-order chi connectivity index (χ0) is 17.6. The molecule has 0 saturated heterocycles. The van der Waals surface area contributed by atoms with Crippen molar-refractivity contribution >= 4 is 0 Å².